The van der Waals surface area contributed by atoms with Crippen molar-refractivity contribution in [1.29, 1.82) is 0 Å². The lowest BCUT2D eigenvalue weighted by Crippen LogP contribution is -2.10. The predicted molar refractivity (Wildman–Crippen MR) is 51.3 cm³/mol. The van der Waals surface area contributed by atoms with E-state index in [1.807, 2.05) is 6.07 Å². The van der Waals surface area contributed by atoms with Gasteiger partial charge in [0.25, 0.3) is 0 Å². The van der Waals surface area contributed by atoms with Crippen LogP contribution in [0.15, 0.2) is 10.6 Å². The van der Waals surface area contributed by atoms with E-state index in [-0.39, 0.29) is 0 Å². The zero-order valence-corrected chi connectivity index (χ0v) is 7.99. The molecule has 0 aromatic carbocycles. The molecule has 72 valence electrons. The first-order valence-electron chi connectivity index (χ1n) is 4.98. The van der Waals surface area contributed by atoms with E-state index in [1.54, 1.807) is 0 Å². The maximum absolute atomic E-state index is 5.52. The maximum atomic E-state index is 5.52. The Labute approximate surface area is 78.3 Å². The van der Waals surface area contributed by atoms with E-state index in [4.69, 9.17) is 10.3 Å². The van der Waals surface area contributed by atoms with E-state index in [9.17, 15) is 0 Å². The molecule has 1 aromatic rings. The molecular weight excluding hydrogens is 164 g/mol. The summed E-state index contributed by atoms with van der Waals surface area (Å²) in [5.74, 6) is 2.84. The summed E-state index contributed by atoms with van der Waals surface area (Å²) in [6, 6.07) is 1.86. The van der Waals surface area contributed by atoms with E-state index >= 15 is 0 Å². The van der Waals surface area contributed by atoms with Crippen molar-refractivity contribution >= 4 is 5.82 Å². The van der Waals surface area contributed by atoms with Crippen molar-refractivity contribution in [3.05, 3.63) is 11.8 Å². The monoisotopic (exact) mass is 180 g/mol. The summed E-state index contributed by atoms with van der Waals surface area (Å²) < 4.78 is 5.18. The highest BCUT2D eigenvalue weighted by atomic mass is 16.5. The van der Waals surface area contributed by atoms with Crippen LogP contribution in [0.2, 0.25) is 0 Å². The lowest BCUT2D eigenvalue weighted by molar-refractivity contribution is 0.283. The summed E-state index contributed by atoms with van der Waals surface area (Å²) in [5, 5.41) is 3.72. The van der Waals surface area contributed by atoms with Gasteiger partial charge < -0.3 is 10.3 Å². The van der Waals surface area contributed by atoms with E-state index in [1.165, 1.54) is 25.7 Å². The molecule has 0 spiro atoms. The predicted octanol–water partition coefficient (Wildman–Crippen LogP) is 2.55. The van der Waals surface area contributed by atoms with Crippen LogP contribution in [-0.4, -0.2) is 5.16 Å². The molecule has 1 aromatic heterocycles. The van der Waals surface area contributed by atoms with Gasteiger partial charge >= 0.3 is 0 Å². The topological polar surface area (TPSA) is 52.0 Å². The lowest BCUT2D eigenvalue weighted by atomic mass is 9.81. The minimum atomic E-state index is 0.508. The van der Waals surface area contributed by atoms with Crippen molar-refractivity contribution in [3.63, 3.8) is 0 Å². The first-order valence-corrected chi connectivity index (χ1v) is 4.98. The SMILES string of the molecule is CC1CCCC(c2cc(N)no2)C1. The highest BCUT2D eigenvalue weighted by Gasteiger charge is 2.23. The molecule has 0 amide bonds. The number of nitrogen functional groups attached to an aromatic ring is 1. The summed E-state index contributed by atoms with van der Waals surface area (Å²) in [7, 11) is 0. The fourth-order valence-electron chi connectivity index (χ4n) is 2.19. The fourth-order valence-corrected chi connectivity index (χ4v) is 2.19. The van der Waals surface area contributed by atoms with Gasteiger partial charge in [-0.25, -0.2) is 0 Å². The Morgan fingerprint density at radius 2 is 2.38 bits per heavy atom. The van der Waals surface area contributed by atoms with Crippen LogP contribution in [0.3, 0.4) is 0 Å². The zero-order valence-electron chi connectivity index (χ0n) is 7.99. The molecule has 2 rings (SSSR count). The lowest BCUT2D eigenvalue weighted by Gasteiger charge is -2.24. The molecule has 2 atom stereocenters. The van der Waals surface area contributed by atoms with E-state index in [0.717, 1.165) is 11.7 Å². The number of nitrogens with zero attached hydrogens (tertiary/aromatic N) is 1. The molecule has 1 aliphatic rings. The van der Waals surface area contributed by atoms with Gasteiger partial charge in [-0.15, -0.1) is 0 Å². The van der Waals surface area contributed by atoms with Gasteiger partial charge in [-0.05, 0) is 18.8 Å². The molecule has 1 aliphatic carbocycles. The molecule has 1 heterocycles. The zero-order chi connectivity index (χ0) is 9.26. The van der Waals surface area contributed by atoms with Crippen molar-refractivity contribution in [3.8, 4) is 0 Å². The van der Waals surface area contributed by atoms with Gasteiger partial charge in [0.05, 0.1) is 0 Å². The summed E-state index contributed by atoms with van der Waals surface area (Å²) in [6.45, 7) is 2.30. The van der Waals surface area contributed by atoms with Gasteiger partial charge in [-0.2, -0.15) is 0 Å². The van der Waals surface area contributed by atoms with Crippen molar-refractivity contribution < 1.29 is 4.52 Å². The molecule has 1 saturated carbocycles. The summed E-state index contributed by atoms with van der Waals surface area (Å²) >= 11 is 0. The quantitative estimate of drug-likeness (QED) is 0.722. The number of anilines is 1. The minimum Gasteiger partial charge on any atom is -0.381 e. The van der Waals surface area contributed by atoms with Crippen molar-refractivity contribution in [2.75, 3.05) is 5.73 Å². The van der Waals surface area contributed by atoms with Crippen molar-refractivity contribution in [2.45, 2.75) is 38.5 Å². The first-order chi connectivity index (χ1) is 6.25. The average molecular weight is 180 g/mol. The van der Waals surface area contributed by atoms with Crippen LogP contribution >= 0.6 is 0 Å². The Balaban J connectivity index is 2.08. The van der Waals surface area contributed by atoms with Gasteiger partial charge in [-0.1, -0.05) is 24.9 Å². The van der Waals surface area contributed by atoms with Crippen LogP contribution in [0.1, 0.15) is 44.3 Å². The molecule has 1 fully saturated rings. The molecule has 3 nitrogen and oxygen atoms in total. The van der Waals surface area contributed by atoms with Crippen LogP contribution in [0.5, 0.6) is 0 Å². The molecule has 2 unspecified atom stereocenters. The third-order valence-corrected chi connectivity index (χ3v) is 2.89. The number of rotatable bonds is 1. The Bertz CT molecular complexity index is 282. The van der Waals surface area contributed by atoms with Gasteiger partial charge in [0, 0.05) is 12.0 Å². The minimum absolute atomic E-state index is 0.508. The standard InChI is InChI=1S/C10H16N2O/c1-7-3-2-4-8(5-7)9-6-10(11)12-13-9/h6-8H,2-5H2,1H3,(H2,11,12). The Kier molecular flexibility index (Phi) is 2.25. The second kappa shape index (κ2) is 3.40. The van der Waals surface area contributed by atoms with Gasteiger partial charge in [0.15, 0.2) is 5.82 Å². The molecule has 0 bridgehead atoms. The second-order valence-corrected chi connectivity index (χ2v) is 4.12. The number of hydrogen-bond acceptors (Lipinski definition) is 3. The van der Waals surface area contributed by atoms with E-state index in [2.05, 4.69) is 12.1 Å². The third-order valence-electron chi connectivity index (χ3n) is 2.89. The number of nitrogens with two attached hydrogens (primary N) is 1. The molecule has 0 saturated heterocycles. The smallest absolute Gasteiger partial charge is 0.167 e. The van der Waals surface area contributed by atoms with Crippen LogP contribution < -0.4 is 5.73 Å². The van der Waals surface area contributed by atoms with Crippen LogP contribution in [0, 0.1) is 5.92 Å². The van der Waals surface area contributed by atoms with Crippen LogP contribution in [-0.2, 0) is 0 Å². The third kappa shape index (κ3) is 1.85. The second-order valence-electron chi connectivity index (χ2n) is 4.12. The highest BCUT2D eigenvalue weighted by Crippen LogP contribution is 2.36. The Hall–Kier alpha value is -0.990. The highest BCUT2D eigenvalue weighted by molar-refractivity contribution is 5.28. The molecule has 0 radical (unpaired) electrons. The summed E-state index contributed by atoms with van der Waals surface area (Å²) in [6.07, 6.45) is 5.08. The van der Waals surface area contributed by atoms with Gasteiger partial charge in [-0.3, -0.25) is 0 Å². The first kappa shape index (κ1) is 8.60. The fraction of sp³-hybridized carbons (Fsp3) is 0.700. The summed E-state index contributed by atoms with van der Waals surface area (Å²) in [4.78, 5) is 0. The Morgan fingerprint density at radius 3 is 3.00 bits per heavy atom. The number of aromatic nitrogens is 1. The van der Waals surface area contributed by atoms with Crippen LogP contribution in [0.25, 0.3) is 0 Å². The average Bonchev–Trinajstić information content (AvgIpc) is 2.52. The van der Waals surface area contributed by atoms with Crippen molar-refractivity contribution in [2.24, 2.45) is 5.92 Å². The van der Waals surface area contributed by atoms with Crippen LogP contribution in [0.4, 0.5) is 5.82 Å². The van der Waals surface area contributed by atoms with E-state index < -0.39 is 0 Å². The number of hydrogen-bond donors (Lipinski definition) is 1. The molecule has 0 aliphatic heterocycles. The maximum Gasteiger partial charge on any atom is 0.167 e. The molecule has 3 heteroatoms. The molecule has 13 heavy (non-hydrogen) atoms. The normalized spacial score (nSPS) is 29.0. The largest absolute Gasteiger partial charge is 0.381 e. The molecular formula is C10H16N2O. The molecule has 2 N–H and O–H groups in total. The van der Waals surface area contributed by atoms with E-state index in [0.29, 0.717) is 11.7 Å². The summed E-state index contributed by atoms with van der Waals surface area (Å²) in [5.41, 5.74) is 5.52. The van der Waals surface area contributed by atoms with Crippen molar-refractivity contribution in [1.82, 2.24) is 5.16 Å². The van der Waals surface area contributed by atoms with Gasteiger partial charge in [0.1, 0.15) is 5.76 Å². The Morgan fingerprint density at radius 1 is 1.54 bits per heavy atom. The van der Waals surface area contributed by atoms with Gasteiger partial charge in [0.2, 0.25) is 0 Å².